The van der Waals surface area contributed by atoms with E-state index >= 15 is 0 Å². The van der Waals surface area contributed by atoms with Crippen LogP contribution in [0.4, 0.5) is 0 Å². The smallest absolute Gasteiger partial charge is 0.228 e. The predicted molar refractivity (Wildman–Crippen MR) is 112 cm³/mol. The highest BCUT2D eigenvalue weighted by Crippen LogP contribution is 2.31. The number of hydrogen-bond donors (Lipinski definition) is 2. The van der Waals surface area contributed by atoms with Gasteiger partial charge in [0.25, 0.3) is 0 Å². The molecule has 1 aromatic rings. The Balaban J connectivity index is 0.00000169. The van der Waals surface area contributed by atoms with E-state index in [0.29, 0.717) is 19.2 Å². The van der Waals surface area contributed by atoms with Crippen LogP contribution in [-0.4, -0.2) is 57.2 Å². The highest BCUT2D eigenvalue weighted by atomic mass is 35.5. The second-order valence-electron chi connectivity index (χ2n) is 6.95. The van der Waals surface area contributed by atoms with Crippen molar-refractivity contribution in [3.63, 3.8) is 0 Å². The Morgan fingerprint density at radius 3 is 2.62 bits per heavy atom. The van der Waals surface area contributed by atoms with Crippen molar-refractivity contribution in [1.82, 2.24) is 15.5 Å². The monoisotopic (exact) mass is 423 g/mol. The third-order valence-corrected chi connectivity index (χ3v) is 6.35. The Kier molecular flexibility index (Phi) is 10.4. The Labute approximate surface area is 173 Å². The molecule has 1 aromatic heterocycles. The van der Waals surface area contributed by atoms with Gasteiger partial charge < -0.3 is 15.4 Å². The van der Waals surface area contributed by atoms with E-state index in [9.17, 15) is 4.79 Å². The molecule has 2 N–H and O–H groups in total. The molecule has 5 nitrogen and oxygen atoms in total. The molecule has 1 atom stereocenters. The van der Waals surface area contributed by atoms with Crippen LogP contribution in [0.3, 0.4) is 0 Å². The van der Waals surface area contributed by atoms with Gasteiger partial charge in [0.2, 0.25) is 5.91 Å². The molecule has 2 aliphatic rings. The first-order valence-corrected chi connectivity index (χ1v) is 9.88. The molecule has 2 aliphatic heterocycles. The SMILES string of the molecule is COCC1(C(=O)NCC(c2cccs2)N2CCCC2)CCNCC1.Cl.Cl. The van der Waals surface area contributed by atoms with Crippen LogP contribution in [-0.2, 0) is 9.53 Å². The average Bonchev–Trinajstić information content (AvgIpc) is 3.30. The molecule has 3 heterocycles. The first kappa shape index (κ1) is 23.7. The molecule has 2 saturated heterocycles. The number of piperidine rings is 1. The number of halogens is 2. The largest absolute Gasteiger partial charge is 0.384 e. The van der Waals surface area contributed by atoms with Gasteiger partial charge in [0.15, 0.2) is 0 Å². The minimum absolute atomic E-state index is 0. The number of nitrogens with one attached hydrogen (secondary N) is 2. The van der Waals surface area contributed by atoms with Crippen molar-refractivity contribution >= 4 is 42.1 Å². The van der Waals surface area contributed by atoms with Gasteiger partial charge >= 0.3 is 0 Å². The standard InChI is InChI=1S/C18H29N3O2S.2ClH/c1-23-14-18(6-8-19-9-7-18)17(22)20-13-15(16-5-4-12-24-16)21-10-2-3-11-21;;/h4-5,12,15,19H,2-3,6-11,13-14H2,1H3,(H,20,22);2*1H. The molecule has 0 bridgehead atoms. The molecule has 2 fully saturated rings. The minimum atomic E-state index is -0.370. The second-order valence-corrected chi connectivity index (χ2v) is 7.93. The summed E-state index contributed by atoms with van der Waals surface area (Å²) in [5, 5.41) is 8.73. The molecule has 0 spiro atoms. The maximum atomic E-state index is 13.0. The van der Waals surface area contributed by atoms with Crippen LogP contribution >= 0.6 is 36.2 Å². The first-order valence-electron chi connectivity index (χ1n) is 9.01. The lowest BCUT2D eigenvalue weighted by Crippen LogP contribution is -2.51. The van der Waals surface area contributed by atoms with Crippen molar-refractivity contribution in [2.75, 3.05) is 46.4 Å². The van der Waals surface area contributed by atoms with E-state index in [2.05, 4.69) is 33.0 Å². The number of thiophene rings is 1. The van der Waals surface area contributed by atoms with Crippen LogP contribution in [0.25, 0.3) is 0 Å². The van der Waals surface area contributed by atoms with Crippen LogP contribution in [0, 0.1) is 5.41 Å². The zero-order valence-electron chi connectivity index (χ0n) is 15.4. The van der Waals surface area contributed by atoms with E-state index in [1.165, 1.54) is 17.7 Å². The Morgan fingerprint density at radius 1 is 1.35 bits per heavy atom. The summed E-state index contributed by atoms with van der Waals surface area (Å²) >= 11 is 1.79. The van der Waals surface area contributed by atoms with Crippen molar-refractivity contribution in [3.05, 3.63) is 22.4 Å². The van der Waals surface area contributed by atoms with Gasteiger partial charge in [-0.05, 0) is 63.3 Å². The van der Waals surface area contributed by atoms with Crippen molar-refractivity contribution in [1.29, 1.82) is 0 Å². The van der Waals surface area contributed by atoms with E-state index in [-0.39, 0.29) is 36.1 Å². The number of likely N-dealkylation sites (tertiary alicyclic amines) is 1. The maximum absolute atomic E-state index is 13.0. The van der Waals surface area contributed by atoms with Crippen molar-refractivity contribution < 1.29 is 9.53 Å². The molecule has 1 unspecified atom stereocenters. The van der Waals surface area contributed by atoms with E-state index in [4.69, 9.17) is 4.74 Å². The fourth-order valence-electron chi connectivity index (χ4n) is 3.94. The van der Waals surface area contributed by atoms with Gasteiger partial charge in [0.1, 0.15) is 0 Å². The number of rotatable bonds is 7. The highest BCUT2D eigenvalue weighted by molar-refractivity contribution is 7.10. The van der Waals surface area contributed by atoms with E-state index < -0.39 is 0 Å². The number of carbonyl (C=O) groups is 1. The molecule has 26 heavy (non-hydrogen) atoms. The van der Waals surface area contributed by atoms with Crippen LogP contribution in [0.2, 0.25) is 0 Å². The molecule has 3 rings (SSSR count). The zero-order chi connectivity index (χ0) is 16.8. The van der Waals surface area contributed by atoms with Gasteiger partial charge in [-0.1, -0.05) is 6.07 Å². The number of amides is 1. The summed E-state index contributed by atoms with van der Waals surface area (Å²) in [7, 11) is 1.69. The molecule has 0 radical (unpaired) electrons. The number of carbonyl (C=O) groups excluding carboxylic acids is 1. The Hall–Kier alpha value is -0.370. The molecule has 0 aromatic carbocycles. The van der Waals surface area contributed by atoms with E-state index in [1.807, 2.05) is 0 Å². The minimum Gasteiger partial charge on any atom is -0.384 e. The van der Waals surface area contributed by atoms with Gasteiger partial charge in [-0.3, -0.25) is 9.69 Å². The average molecular weight is 424 g/mol. The van der Waals surface area contributed by atoms with E-state index in [1.54, 1.807) is 18.4 Å². The molecule has 8 heteroatoms. The third-order valence-electron chi connectivity index (χ3n) is 5.37. The topological polar surface area (TPSA) is 53.6 Å². The lowest BCUT2D eigenvalue weighted by Gasteiger charge is -2.36. The second kappa shape index (κ2) is 11.5. The van der Waals surface area contributed by atoms with Crippen molar-refractivity contribution in [2.45, 2.75) is 31.7 Å². The number of hydrogen-bond acceptors (Lipinski definition) is 5. The number of methoxy groups -OCH3 is 1. The summed E-state index contributed by atoms with van der Waals surface area (Å²) in [6, 6.07) is 4.59. The Morgan fingerprint density at radius 2 is 2.04 bits per heavy atom. The Bertz CT molecular complexity index is 513. The first-order chi connectivity index (χ1) is 11.7. The fraction of sp³-hybridized carbons (Fsp3) is 0.722. The van der Waals surface area contributed by atoms with Crippen molar-refractivity contribution in [3.8, 4) is 0 Å². The summed E-state index contributed by atoms with van der Waals surface area (Å²) in [5.41, 5.74) is -0.370. The van der Waals surface area contributed by atoms with Gasteiger partial charge in [-0.15, -0.1) is 36.2 Å². The molecular weight excluding hydrogens is 393 g/mol. The molecular formula is C18H31Cl2N3O2S. The fourth-order valence-corrected chi connectivity index (χ4v) is 4.80. The van der Waals surface area contributed by atoms with Crippen molar-refractivity contribution in [2.24, 2.45) is 5.41 Å². The predicted octanol–water partition coefficient (Wildman–Crippen LogP) is 2.86. The normalized spacial score (nSPS) is 20.7. The highest BCUT2D eigenvalue weighted by Gasteiger charge is 2.40. The molecule has 0 saturated carbocycles. The van der Waals surface area contributed by atoms with Gasteiger partial charge in [-0.25, -0.2) is 0 Å². The van der Waals surface area contributed by atoms with E-state index in [0.717, 1.165) is 39.0 Å². The van der Waals surface area contributed by atoms with Crippen LogP contribution in [0.1, 0.15) is 36.6 Å². The number of nitrogens with zero attached hydrogens (tertiary/aromatic N) is 1. The molecule has 150 valence electrons. The van der Waals surface area contributed by atoms with Gasteiger partial charge in [-0.2, -0.15) is 0 Å². The summed E-state index contributed by atoms with van der Waals surface area (Å²) < 4.78 is 5.39. The summed E-state index contributed by atoms with van der Waals surface area (Å²) in [6.07, 6.45) is 4.21. The third kappa shape index (κ3) is 5.57. The van der Waals surface area contributed by atoms with Crippen LogP contribution < -0.4 is 10.6 Å². The van der Waals surface area contributed by atoms with Gasteiger partial charge in [0.05, 0.1) is 18.1 Å². The summed E-state index contributed by atoms with van der Waals surface area (Å²) in [6.45, 7) is 5.23. The molecule has 1 amide bonds. The van der Waals surface area contributed by atoms with Crippen LogP contribution in [0.5, 0.6) is 0 Å². The summed E-state index contributed by atoms with van der Waals surface area (Å²) in [4.78, 5) is 16.8. The van der Waals surface area contributed by atoms with Gasteiger partial charge in [0, 0.05) is 18.5 Å². The lowest BCUT2D eigenvalue weighted by atomic mass is 9.78. The van der Waals surface area contributed by atoms with Crippen LogP contribution in [0.15, 0.2) is 17.5 Å². The number of ether oxygens (including phenoxy) is 1. The quantitative estimate of drug-likeness (QED) is 0.707. The molecule has 0 aliphatic carbocycles. The zero-order valence-corrected chi connectivity index (χ0v) is 17.8. The lowest BCUT2D eigenvalue weighted by molar-refractivity contribution is -0.136. The maximum Gasteiger partial charge on any atom is 0.228 e. The summed E-state index contributed by atoms with van der Waals surface area (Å²) in [5.74, 6) is 0.159.